The van der Waals surface area contributed by atoms with Crippen molar-refractivity contribution in [2.75, 3.05) is 11.9 Å². The Morgan fingerprint density at radius 2 is 1.65 bits per heavy atom. The summed E-state index contributed by atoms with van der Waals surface area (Å²) in [4.78, 5) is 12.8. The van der Waals surface area contributed by atoms with Crippen LogP contribution in [0.25, 0.3) is 0 Å². The number of benzene rings is 3. The van der Waals surface area contributed by atoms with Crippen molar-refractivity contribution in [2.24, 2.45) is 0 Å². The van der Waals surface area contributed by atoms with Crippen molar-refractivity contribution in [1.82, 2.24) is 0 Å². The van der Waals surface area contributed by atoms with E-state index in [2.05, 4.69) is 21.2 Å². The van der Waals surface area contributed by atoms with Crippen LogP contribution in [0.15, 0.2) is 65.1 Å². The molecule has 3 aromatic carbocycles. The fourth-order valence-electron chi connectivity index (χ4n) is 3.35. The van der Waals surface area contributed by atoms with Crippen LogP contribution in [0.2, 0.25) is 0 Å². The number of alkyl halides is 3. The molecule has 0 unspecified atom stereocenters. The van der Waals surface area contributed by atoms with E-state index in [1.54, 1.807) is 26.0 Å². The zero-order valence-corrected chi connectivity index (χ0v) is 18.6. The Labute approximate surface area is 187 Å². The van der Waals surface area contributed by atoms with E-state index in [4.69, 9.17) is 4.74 Å². The molecule has 1 N–H and O–H groups in total. The predicted molar refractivity (Wildman–Crippen MR) is 119 cm³/mol. The Morgan fingerprint density at radius 3 is 2.26 bits per heavy atom. The summed E-state index contributed by atoms with van der Waals surface area (Å²) in [5, 5.41) is 2.41. The Kier molecular flexibility index (Phi) is 7.05. The molecule has 0 atom stereocenters. The van der Waals surface area contributed by atoms with Gasteiger partial charge in [0.1, 0.15) is 5.75 Å². The van der Waals surface area contributed by atoms with Crippen LogP contribution in [0.5, 0.6) is 5.75 Å². The zero-order chi connectivity index (χ0) is 22.6. The van der Waals surface area contributed by atoms with Gasteiger partial charge in [0.15, 0.2) is 0 Å². The lowest BCUT2D eigenvalue weighted by atomic mass is 10.0. The van der Waals surface area contributed by atoms with Crippen LogP contribution < -0.4 is 10.1 Å². The number of rotatable bonds is 6. The van der Waals surface area contributed by atoms with Crippen molar-refractivity contribution >= 4 is 27.5 Å². The van der Waals surface area contributed by atoms with Gasteiger partial charge >= 0.3 is 6.18 Å². The van der Waals surface area contributed by atoms with Gasteiger partial charge in [-0.3, -0.25) is 4.79 Å². The first-order chi connectivity index (χ1) is 14.6. The van der Waals surface area contributed by atoms with Crippen LogP contribution in [0.4, 0.5) is 18.9 Å². The second-order valence-electron chi connectivity index (χ2n) is 7.16. The smallest absolute Gasteiger partial charge is 0.418 e. The summed E-state index contributed by atoms with van der Waals surface area (Å²) < 4.78 is 46.2. The molecule has 162 valence electrons. The quantitative estimate of drug-likeness (QED) is 0.404. The monoisotopic (exact) mass is 491 g/mol. The van der Waals surface area contributed by atoms with E-state index in [-0.39, 0.29) is 5.69 Å². The van der Waals surface area contributed by atoms with Crippen molar-refractivity contribution in [3.63, 3.8) is 0 Å². The Bertz CT molecular complexity index is 1060. The number of carbonyl (C=O) groups excluding carboxylic acids is 1. The van der Waals surface area contributed by atoms with E-state index in [0.29, 0.717) is 33.5 Å². The summed E-state index contributed by atoms with van der Waals surface area (Å²) in [7, 11) is 0. The standard InChI is InChI=1S/C24H21BrF3NO2/c1-15-12-19(31-11-10-17-6-4-3-5-7-17)13-16(2)22(15)23(30)29-21-14-18(25)8-9-20(21)24(26,27)28/h3-9,12-14H,10-11H2,1-2H3,(H,29,30). The van der Waals surface area contributed by atoms with Gasteiger partial charge in [0, 0.05) is 16.5 Å². The first-order valence-electron chi connectivity index (χ1n) is 9.61. The minimum absolute atomic E-state index is 0.297. The highest BCUT2D eigenvalue weighted by Crippen LogP contribution is 2.36. The van der Waals surface area contributed by atoms with Crippen molar-refractivity contribution in [1.29, 1.82) is 0 Å². The fourth-order valence-corrected chi connectivity index (χ4v) is 3.71. The summed E-state index contributed by atoms with van der Waals surface area (Å²) in [6, 6.07) is 16.8. The molecule has 0 heterocycles. The Hall–Kier alpha value is -2.80. The zero-order valence-electron chi connectivity index (χ0n) is 17.0. The van der Waals surface area contributed by atoms with Crippen molar-refractivity contribution in [2.45, 2.75) is 26.4 Å². The van der Waals surface area contributed by atoms with Gasteiger partial charge < -0.3 is 10.1 Å². The third kappa shape index (κ3) is 5.88. The van der Waals surface area contributed by atoms with Crippen LogP contribution >= 0.6 is 15.9 Å². The number of anilines is 1. The third-order valence-electron chi connectivity index (χ3n) is 4.77. The number of carbonyl (C=O) groups is 1. The summed E-state index contributed by atoms with van der Waals surface area (Å²) in [6.45, 7) is 3.94. The van der Waals surface area contributed by atoms with E-state index in [1.165, 1.54) is 12.1 Å². The largest absolute Gasteiger partial charge is 0.493 e. The molecule has 3 rings (SSSR count). The molecule has 0 aliphatic carbocycles. The van der Waals surface area contributed by atoms with Crippen LogP contribution in [0.3, 0.4) is 0 Å². The van der Waals surface area contributed by atoms with Crippen LogP contribution in [-0.2, 0) is 12.6 Å². The lowest BCUT2D eigenvalue weighted by Gasteiger charge is -2.17. The van der Waals surface area contributed by atoms with Crippen molar-refractivity contribution in [3.05, 3.63) is 93.0 Å². The molecule has 0 radical (unpaired) electrons. The molecule has 0 aliphatic rings. The van der Waals surface area contributed by atoms with E-state index in [0.717, 1.165) is 18.1 Å². The maximum atomic E-state index is 13.3. The van der Waals surface area contributed by atoms with Gasteiger partial charge in [0.25, 0.3) is 5.91 Å². The van der Waals surface area contributed by atoms with Crippen molar-refractivity contribution < 1.29 is 22.7 Å². The highest BCUT2D eigenvalue weighted by atomic mass is 79.9. The molecule has 3 nitrogen and oxygen atoms in total. The highest BCUT2D eigenvalue weighted by Gasteiger charge is 2.34. The van der Waals surface area contributed by atoms with Gasteiger partial charge in [-0.2, -0.15) is 13.2 Å². The maximum Gasteiger partial charge on any atom is 0.418 e. The lowest BCUT2D eigenvalue weighted by molar-refractivity contribution is -0.136. The fraction of sp³-hybridized carbons (Fsp3) is 0.208. The summed E-state index contributed by atoms with van der Waals surface area (Å²) >= 11 is 3.15. The molecular formula is C24H21BrF3NO2. The van der Waals surface area contributed by atoms with Crippen LogP contribution in [0, 0.1) is 13.8 Å². The van der Waals surface area contributed by atoms with Gasteiger partial charge in [0.2, 0.25) is 0 Å². The number of hydrogen-bond donors (Lipinski definition) is 1. The highest BCUT2D eigenvalue weighted by molar-refractivity contribution is 9.10. The summed E-state index contributed by atoms with van der Waals surface area (Å²) in [5.74, 6) is 0.00959. The first-order valence-corrected chi connectivity index (χ1v) is 10.4. The molecule has 0 aromatic heterocycles. The Balaban J connectivity index is 1.76. The minimum Gasteiger partial charge on any atom is -0.493 e. The maximum absolute atomic E-state index is 13.3. The van der Waals surface area contributed by atoms with Crippen LogP contribution in [0.1, 0.15) is 32.6 Å². The number of amides is 1. The minimum atomic E-state index is -4.58. The van der Waals surface area contributed by atoms with Crippen molar-refractivity contribution in [3.8, 4) is 5.75 Å². The lowest BCUT2D eigenvalue weighted by Crippen LogP contribution is -2.18. The number of nitrogens with one attached hydrogen (secondary N) is 1. The molecule has 7 heteroatoms. The second kappa shape index (κ2) is 9.56. The molecule has 0 aliphatic heterocycles. The molecule has 0 saturated heterocycles. The topological polar surface area (TPSA) is 38.3 Å². The van der Waals surface area contributed by atoms with E-state index in [1.807, 2.05) is 30.3 Å². The third-order valence-corrected chi connectivity index (χ3v) is 5.26. The molecule has 0 spiro atoms. The second-order valence-corrected chi connectivity index (χ2v) is 8.07. The van der Waals surface area contributed by atoms with Gasteiger partial charge in [0.05, 0.1) is 17.9 Å². The Morgan fingerprint density at radius 1 is 1.00 bits per heavy atom. The predicted octanol–water partition coefficient (Wildman–Crippen LogP) is 6.96. The van der Waals surface area contributed by atoms with Gasteiger partial charge in [-0.1, -0.05) is 46.3 Å². The first kappa shape index (κ1) is 22.9. The average Bonchev–Trinajstić information content (AvgIpc) is 2.67. The van der Waals surface area contributed by atoms with E-state index >= 15 is 0 Å². The molecule has 0 fully saturated rings. The van der Waals surface area contributed by atoms with E-state index in [9.17, 15) is 18.0 Å². The number of halogens is 4. The van der Waals surface area contributed by atoms with E-state index < -0.39 is 17.6 Å². The molecule has 31 heavy (non-hydrogen) atoms. The van der Waals surface area contributed by atoms with Crippen LogP contribution in [-0.4, -0.2) is 12.5 Å². The molecule has 3 aromatic rings. The van der Waals surface area contributed by atoms with Gasteiger partial charge in [-0.25, -0.2) is 0 Å². The molecule has 1 amide bonds. The number of ether oxygens (including phenoxy) is 1. The average molecular weight is 492 g/mol. The summed E-state index contributed by atoms with van der Waals surface area (Å²) in [5.41, 5.74) is 1.52. The number of hydrogen-bond acceptors (Lipinski definition) is 2. The normalized spacial score (nSPS) is 11.3. The number of aryl methyl sites for hydroxylation is 2. The molecular weight excluding hydrogens is 471 g/mol. The van der Waals surface area contributed by atoms with Gasteiger partial charge in [-0.15, -0.1) is 0 Å². The molecule has 0 saturated carbocycles. The van der Waals surface area contributed by atoms with Gasteiger partial charge in [-0.05, 0) is 60.9 Å². The SMILES string of the molecule is Cc1cc(OCCc2ccccc2)cc(C)c1C(=O)Nc1cc(Br)ccc1C(F)(F)F. The molecule has 0 bridgehead atoms. The summed E-state index contributed by atoms with van der Waals surface area (Å²) in [6.07, 6.45) is -3.84.